The molecule has 21 heavy (non-hydrogen) atoms. The summed E-state index contributed by atoms with van der Waals surface area (Å²) in [7, 11) is 0. The molecular formula is C15H16N2O3S. The Hall–Kier alpha value is -2.21. The van der Waals surface area contributed by atoms with Crippen molar-refractivity contribution < 1.29 is 14.7 Å². The zero-order valence-corrected chi connectivity index (χ0v) is 12.2. The van der Waals surface area contributed by atoms with Crippen molar-refractivity contribution in [2.24, 2.45) is 0 Å². The predicted octanol–water partition coefficient (Wildman–Crippen LogP) is 2.48. The molecule has 0 aliphatic heterocycles. The minimum atomic E-state index is -1.05. The first-order valence-corrected chi connectivity index (χ1v) is 7.51. The van der Waals surface area contributed by atoms with E-state index in [4.69, 9.17) is 5.11 Å². The van der Waals surface area contributed by atoms with Crippen molar-refractivity contribution in [3.05, 3.63) is 52.0 Å². The number of amides is 1. The maximum absolute atomic E-state index is 11.7. The average molecular weight is 304 g/mol. The molecule has 1 heterocycles. The number of aromatic carboxylic acids is 1. The highest BCUT2D eigenvalue weighted by molar-refractivity contribution is 7.09. The van der Waals surface area contributed by atoms with Gasteiger partial charge in [0.2, 0.25) is 5.91 Å². The second-order valence-corrected chi connectivity index (χ2v) is 5.49. The third-order valence-electron chi connectivity index (χ3n) is 2.92. The number of carboxylic acids is 1. The van der Waals surface area contributed by atoms with Gasteiger partial charge in [-0.15, -0.1) is 11.3 Å². The van der Waals surface area contributed by atoms with Crippen LogP contribution in [0.25, 0.3) is 0 Å². The van der Waals surface area contributed by atoms with E-state index in [9.17, 15) is 9.59 Å². The number of carbonyl (C=O) groups is 2. The largest absolute Gasteiger partial charge is 0.476 e. The van der Waals surface area contributed by atoms with E-state index in [1.54, 1.807) is 0 Å². The predicted molar refractivity (Wildman–Crippen MR) is 80.3 cm³/mol. The first-order valence-electron chi connectivity index (χ1n) is 6.63. The number of carbonyl (C=O) groups excluding carboxylic acids is 1. The van der Waals surface area contributed by atoms with Crippen LogP contribution in [0.5, 0.6) is 0 Å². The third kappa shape index (κ3) is 5.00. The van der Waals surface area contributed by atoms with Crippen LogP contribution in [-0.4, -0.2) is 22.0 Å². The van der Waals surface area contributed by atoms with Crippen LogP contribution >= 0.6 is 11.3 Å². The lowest BCUT2D eigenvalue weighted by molar-refractivity contribution is -0.121. The second-order valence-electron chi connectivity index (χ2n) is 4.55. The molecule has 0 saturated heterocycles. The number of thiazole rings is 1. The van der Waals surface area contributed by atoms with Crippen molar-refractivity contribution in [2.45, 2.75) is 25.8 Å². The fourth-order valence-corrected chi connectivity index (χ4v) is 2.56. The van der Waals surface area contributed by atoms with Crippen LogP contribution in [-0.2, 0) is 17.8 Å². The standard InChI is InChI=1S/C15H16N2O3S/c18-13(8-4-7-11-5-2-1-3-6-11)16-9-14-17-12(10-21-14)15(19)20/h1-3,5-6,10H,4,7-9H2,(H,16,18)(H,19,20). The van der Waals surface area contributed by atoms with Crippen molar-refractivity contribution in [3.8, 4) is 0 Å². The number of rotatable bonds is 7. The molecule has 0 bridgehead atoms. The Morgan fingerprint density at radius 1 is 1.24 bits per heavy atom. The summed E-state index contributed by atoms with van der Waals surface area (Å²) in [6.07, 6.45) is 2.11. The Kier molecular flexibility index (Phi) is 5.45. The number of hydrogen-bond acceptors (Lipinski definition) is 4. The van der Waals surface area contributed by atoms with E-state index in [0.29, 0.717) is 11.4 Å². The molecule has 2 N–H and O–H groups in total. The van der Waals surface area contributed by atoms with Crippen molar-refractivity contribution in [3.63, 3.8) is 0 Å². The summed E-state index contributed by atoms with van der Waals surface area (Å²) in [4.78, 5) is 26.3. The van der Waals surface area contributed by atoms with Crippen LogP contribution in [0.15, 0.2) is 35.7 Å². The Morgan fingerprint density at radius 3 is 2.67 bits per heavy atom. The number of carboxylic acid groups (broad SMARTS) is 1. The molecule has 6 heteroatoms. The highest BCUT2D eigenvalue weighted by Gasteiger charge is 2.09. The van der Waals surface area contributed by atoms with Gasteiger partial charge in [0.15, 0.2) is 5.69 Å². The number of aryl methyl sites for hydroxylation is 1. The summed E-state index contributed by atoms with van der Waals surface area (Å²) in [5.41, 5.74) is 1.24. The molecule has 0 radical (unpaired) electrons. The fraction of sp³-hybridized carbons (Fsp3) is 0.267. The van der Waals surface area contributed by atoms with Crippen molar-refractivity contribution in [1.29, 1.82) is 0 Å². The van der Waals surface area contributed by atoms with E-state index >= 15 is 0 Å². The van der Waals surface area contributed by atoms with Gasteiger partial charge in [0.25, 0.3) is 0 Å². The lowest BCUT2D eigenvalue weighted by atomic mass is 10.1. The average Bonchev–Trinajstić information content (AvgIpc) is 2.95. The van der Waals surface area contributed by atoms with Crippen LogP contribution in [0.2, 0.25) is 0 Å². The van der Waals surface area contributed by atoms with Crippen LogP contribution in [0.3, 0.4) is 0 Å². The summed E-state index contributed by atoms with van der Waals surface area (Å²) in [6.45, 7) is 0.280. The molecule has 0 saturated carbocycles. The molecule has 0 unspecified atom stereocenters. The van der Waals surface area contributed by atoms with E-state index in [-0.39, 0.29) is 18.1 Å². The van der Waals surface area contributed by atoms with Crippen molar-refractivity contribution in [1.82, 2.24) is 10.3 Å². The monoisotopic (exact) mass is 304 g/mol. The number of aromatic nitrogens is 1. The molecule has 0 aliphatic rings. The van der Waals surface area contributed by atoms with Gasteiger partial charge in [-0.05, 0) is 18.4 Å². The van der Waals surface area contributed by atoms with Crippen LogP contribution < -0.4 is 5.32 Å². The molecule has 1 amide bonds. The number of nitrogens with one attached hydrogen (secondary N) is 1. The third-order valence-corrected chi connectivity index (χ3v) is 3.77. The van der Waals surface area contributed by atoms with E-state index in [1.165, 1.54) is 22.3 Å². The van der Waals surface area contributed by atoms with Gasteiger partial charge in [-0.3, -0.25) is 4.79 Å². The Balaban J connectivity index is 1.68. The number of nitrogens with zero attached hydrogens (tertiary/aromatic N) is 1. The van der Waals surface area contributed by atoms with E-state index in [0.717, 1.165) is 12.8 Å². The maximum atomic E-state index is 11.7. The van der Waals surface area contributed by atoms with Crippen LogP contribution in [0, 0.1) is 0 Å². The first-order chi connectivity index (χ1) is 10.1. The quantitative estimate of drug-likeness (QED) is 0.823. The smallest absolute Gasteiger partial charge is 0.355 e. The zero-order valence-electron chi connectivity index (χ0n) is 11.4. The molecule has 5 nitrogen and oxygen atoms in total. The molecule has 0 fully saturated rings. The van der Waals surface area contributed by atoms with Gasteiger partial charge in [0, 0.05) is 11.8 Å². The summed E-state index contributed by atoms with van der Waals surface area (Å²) < 4.78 is 0. The van der Waals surface area contributed by atoms with Gasteiger partial charge < -0.3 is 10.4 Å². The highest BCUT2D eigenvalue weighted by atomic mass is 32.1. The SMILES string of the molecule is O=C(CCCc1ccccc1)NCc1nc(C(=O)O)cs1. The normalized spacial score (nSPS) is 10.3. The van der Waals surface area contributed by atoms with Gasteiger partial charge in [-0.25, -0.2) is 9.78 Å². The minimum absolute atomic E-state index is 0.0216. The maximum Gasteiger partial charge on any atom is 0.355 e. The molecule has 1 aromatic heterocycles. The van der Waals surface area contributed by atoms with E-state index < -0.39 is 5.97 Å². The molecule has 0 atom stereocenters. The van der Waals surface area contributed by atoms with Gasteiger partial charge in [0.1, 0.15) is 5.01 Å². The number of hydrogen-bond donors (Lipinski definition) is 2. The van der Waals surface area contributed by atoms with Gasteiger partial charge in [-0.2, -0.15) is 0 Å². The lowest BCUT2D eigenvalue weighted by Crippen LogP contribution is -2.22. The van der Waals surface area contributed by atoms with Gasteiger partial charge >= 0.3 is 5.97 Å². The Labute approximate surface area is 126 Å². The van der Waals surface area contributed by atoms with E-state index in [2.05, 4.69) is 10.3 Å². The zero-order chi connectivity index (χ0) is 15.1. The molecule has 110 valence electrons. The van der Waals surface area contributed by atoms with Gasteiger partial charge in [0.05, 0.1) is 6.54 Å². The Morgan fingerprint density at radius 2 is 2.00 bits per heavy atom. The summed E-state index contributed by atoms with van der Waals surface area (Å²) in [5, 5.41) is 13.6. The summed E-state index contributed by atoms with van der Waals surface area (Å²) in [6, 6.07) is 10.0. The topological polar surface area (TPSA) is 79.3 Å². The first kappa shape index (κ1) is 15.2. The van der Waals surface area contributed by atoms with E-state index in [1.807, 2.05) is 30.3 Å². The van der Waals surface area contributed by atoms with Crippen molar-refractivity contribution >= 4 is 23.2 Å². The molecule has 2 rings (SSSR count). The summed E-state index contributed by atoms with van der Waals surface area (Å²) >= 11 is 1.23. The summed E-state index contributed by atoms with van der Waals surface area (Å²) in [5.74, 6) is -1.09. The van der Waals surface area contributed by atoms with Crippen molar-refractivity contribution in [2.75, 3.05) is 0 Å². The molecule has 0 aliphatic carbocycles. The minimum Gasteiger partial charge on any atom is -0.476 e. The highest BCUT2D eigenvalue weighted by Crippen LogP contribution is 2.09. The van der Waals surface area contributed by atoms with Crippen LogP contribution in [0.1, 0.15) is 33.9 Å². The van der Waals surface area contributed by atoms with Crippen LogP contribution in [0.4, 0.5) is 0 Å². The molecule has 1 aromatic carbocycles. The lowest BCUT2D eigenvalue weighted by Gasteiger charge is -2.03. The molecule has 0 spiro atoms. The van der Waals surface area contributed by atoms with Gasteiger partial charge in [-0.1, -0.05) is 30.3 Å². The number of benzene rings is 1. The molecule has 2 aromatic rings. The Bertz CT molecular complexity index is 610. The molecular weight excluding hydrogens is 288 g/mol. The second kappa shape index (κ2) is 7.54. The fourth-order valence-electron chi connectivity index (χ4n) is 1.85.